The first-order chi connectivity index (χ1) is 28.1. The van der Waals surface area contributed by atoms with Crippen molar-refractivity contribution in [2.24, 2.45) is 0 Å². The van der Waals surface area contributed by atoms with E-state index < -0.39 is 173 Å². The molecule has 0 N–H and O–H groups in total. The summed E-state index contributed by atoms with van der Waals surface area (Å²) in [5.41, 5.74) is -21.0. The zero-order valence-corrected chi connectivity index (χ0v) is 32.5. The third-order valence-corrected chi connectivity index (χ3v) is 14.4. The lowest BCUT2D eigenvalue weighted by atomic mass is 10.1. The molecule has 0 saturated heterocycles. The van der Waals surface area contributed by atoms with Crippen molar-refractivity contribution in [2.75, 3.05) is 0 Å². The molecule has 2 atom stereocenters. The second kappa shape index (κ2) is 17.1. The number of rotatable bonds is 8. The van der Waals surface area contributed by atoms with E-state index in [-0.39, 0.29) is 48.5 Å². The van der Waals surface area contributed by atoms with Crippen LogP contribution in [0.4, 0.5) is 105 Å². The van der Waals surface area contributed by atoms with E-state index in [1.165, 1.54) is 0 Å². The highest BCUT2D eigenvalue weighted by atomic mass is 31.1. The van der Waals surface area contributed by atoms with Crippen molar-refractivity contribution in [1.82, 2.24) is 0 Å². The van der Waals surface area contributed by atoms with Crippen LogP contribution in [0, 0.1) is 0 Å². The monoisotopic (exact) mass is 984 g/mol. The molecule has 0 bridgehead atoms. The lowest BCUT2D eigenvalue weighted by molar-refractivity contribution is -0.144. The summed E-state index contributed by atoms with van der Waals surface area (Å²) in [7, 11) is -6.94. The summed E-state index contributed by atoms with van der Waals surface area (Å²) >= 11 is 0. The van der Waals surface area contributed by atoms with Gasteiger partial charge >= 0.3 is 49.4 Å². The van der Waals surface area contributed by atoms with Crippen LogP contribution in [-0.4, -0.2) is 11.3 Å². The summed E-state index contributed by atoms with van der Waals surface area (Å²) in [6.07, 6.45) is -46.6. The molecule has 0 aromatic heterocycles. The zero-order valence-electron chi connectivity index (χ0n) is 30.8. The fourth-order valence-electron chi connectivity index (χ4n) is 6.33. The van der Waals surface area contributed by atoms with E-state index in [0.29, 0.717) is 0 Å². The molecule has 0 radical (unpaired) electrons. The van der Waals surface area contributed by atoms with E-state index in [0.717, 1.165) is 13.8 Å². The normalized spacial score (nSPS) is 15.0. The Labute approximate surface area is 340 Å². The largest absolute Gasteiger partial charge is 0.416 e. The number of hydrogen-bond donors (Lipinski definition) is 0. The number of benzene rings is 4. The van der Waals surface area contributed by atoms with E-state index in [4.69, 9.17) is 0 Å². The molecule has 4 aromatic carbocycles. The molecule has 0 nitrogen and oxygen atoms in total. The van der Waals surface area contributed by atoms with Crippen LogP contribution in [0.3, 0.4) is 0 Å². The van der Waals surface area contributed by atoms with E-state index in [9.17, 15) is 105 Å². The van der Waals surface area contributed by atoms with Gasteiger partial charge in [0.25, 0.3) is 0 Å². The summed E-state index contributed by atoms with van der Waals surface area (Å²) in [6, 6.07) is -2.38. The van der Waals surface area contributed by atoms with Crippen LogP contribution >= 0.6 is 15.8 Å². The Morgan fingerprint density at radius 3 is 0.508 bits per heavy atom. The van der Waals surface area contributed by atoms with Crippen LogP contribution < -0.4 is 21.2 Å². The Kier molecular flexibility index (Phi) is 14.1. The molecule has 0 aliphatic rings. The van der Waals surface area contributed by atoms with Gasteiger partial charge < -0.3 is 0 Å². The molecular formula is C37H22F24P2. The molecule has 26 heteroatoms. The van der Waals surface area contributed by atoms with E-state index in [1.54, 1.807) is 0 Å². The lowest BCUT2D eigenvalue weighted by Gasteiger charge is -2.34. The highest BCUT2D eigenvalue weighted by Gasteiger charge is 2.44. The van der Waals surface area contributed by atoms with E-state index in [1.807, 2.05) is 0 Å². The van der Waals surface area contributed by atoms with Crippen LogP contribution in [-0.2, 0) is 49.4 Å². The molecule has 4 aromatic rings. The Hall–Kier alpha value is -3.94. The minimum absolute atomic E-state index is 0.0662. The Morgan fingerprint density at radius 1 is 0.270 bits per heavy atom. The number of hydrogen-bond acceptors (Lipinski definition) is 0. The van der Waals surface area contributed by atoms with Gasteiger partial charge in [-0.05, 0) is 128 Å². The minimum Gasteiger partial charge on any atom is -0.166 e. The molecule has 0 heterocycles. The van der Waals surface area contributed by atoms with Crippen molar-refractivity contribution in [3.63, 3.8) is 0 Å². The molecule has 0 spiro atoms. The van der Waals surface area contributed by atoms with E-state index >= 15 is 0 Å². The molecule has 63 heavy (non-hydrogen) atoms. The van der Waals surface area contributed by atoms with Crippen LogP contribution in [0.2, 0.25) is 0 Å². The molecule has 0 aliphatic heterocycles. The first-order valence-corrected chi connectivity index (χ1v) is 19.7. The van der Waals surface area contributed by atoms with Crippen molar-refractivity contribution in [3.8, 4) is 0 Å². The van der Waals surface area contributed by atoms with E-state index in [2.05, 4.69) is 0 Å². The summed E-state index contributed by atoms with van der Waals surface area (Å²) in [4.78, 5) is 0. The van der Waals surface area contributed by atoms with Crippen molar-refractivity contribution >= 4 is 37.1 Å². The standard InChI is InChI=1S/C37H22F24P2/c1-16(62(26-8-18(30(38,39)40)4-19(9-26)31(41,42)43)27-10-20(32(44,45)46)5-21(11-27)33(47,48)49)3-17(2)63(28-12-22(34(50,51)52)6-23(13-28)35(53,54)55)29-14-24(36(56,57)58)7-25(15-29)37(59,60)61/h4-17H,3H2,1-2H3/t16-,17-/m1/s1. The van der Waals surface area contributed by atoms with Gasteiger partial charge in [0.05, 0.1) is 44.5 Å². The third kappa shape index (κ3) is 12.7. The number of halogens is 24. The highest BCUT2D eigenvalue weighted by molar-refractivity contribution is 7.74. The topological polar surface area (TPSA) is 0 Å². The molecule has 0 saturated carbocycles. The average molecular weight is 984 g/mol. The highest BCUT2D eigenvalue weighted by Crippen LogP contribution is 2.52. The minimum atomic E-state index is -5.69. The van der Waals surface area contributed by atoms with Gasteiger partial charge in [-0.25, -0.2) is 0 Å². The Balaban J connectivity index is 2.14. The first kappa shape index (κ1) is 51.7. The van der Waals surface area contributed by atoms with Gasteiger partial charge in [0, 0.05) is 0 Å². The van der Waals surface area contributed by atoms with Gasteiger partial charge in [0.15, 0.2) is 0 Å². The maximum Gasteiger partial charge on any atom is 0.416 e. The number of alkyl halides is 24. The van der Waals surface area contributed by atoms with Crippen LogP contribution in [0.15, 0.2) is 72.8 Å². The first-order valence-electron chi connectivity index (χ1n) is 16.8. The smallest absolute Gasteiger partial charge is 0.166 e. The van der Waals surface area contributed by atoms with Crippen LogP contribution in [0.1, 0.15) is 64.8 Å². The fraction of sp³-hybridized carbons (Fsp3) is 0.351. The van der Waals surface area contributed by atoms with Gasteiger partial charge in [-0.2, -0.15) is 105 Å². The molecule has 0 aliphatic carbocycles. The Bertz CT molecular complexity index is 1830. The zero-order chi connectivity index (χ0) is 48.4. The van der Waals surface area contributed by atoms with Gasteiger partial charge in [0.1, 0.15) is 0 Å². The maximum atomic E-state index is 14.0. The summed E-state index contributed by atoms with van der Waals surface area (Å²) in [6.45, 7) is 1.55. The fourth-order valence-corrected chi connectivity index (χ4v) is 12.4. The molecule has 348 valence electrons. The quantitative estimate of drug-likeness (QED) is 0.122. The van der Waals surface area contributed by atoms with Gasteiger partial charge in [-0.3, -0.25) is 0 Å². The molecular weight excluding hydrogens is 962 g/mol. The van der Waals surface area contributed by atoms with Crippen molar-refractivity contribution in [3.05, 3.63) is 117 Å². The predicted octanol–water partition coefficient (Wildman–Crippen LogP) is 14.6. The van der Waals surface area contributed by atoms with Crippen molar-refractivity contribution in [1.29, 1.82) is 0 Å². The second-order valence-electron chi connectivity index (χ2n) is 13.7. The van der Waals surface area contributed by atoms with Gasteiger partial charge in [0.2, 0.25) is 0 Å². The second-order valence-corrected chi connectivity index (χ2v) is 19.0. The summed E-state index contributed by atoms with van der Waals surface area (Å²) in [5.74, 6) is 0. The maximum absolute atomic E-state index is 14.0. The molecule has 0 amide bonds. The summed E-state index contributed by atoms with van der Waals surface area (Å²) in [5, 5.41) is -4.94. The average Bonchev–Trinajstić information content (AvgIpc) is 3.08. The molecule has 0 unspecified atom stereocenters. The third-order valence-electron chi connectivity index (χ3n) is 8.97. The predicted molar refractivity (Wildman–Crippen MR) is 182 cm³/mol. The molecule has 0 fully saturated rings. The Morgan fingerprint density at radius 2 is 0.397 bits per heavy atom. The van der Waals surface area contributed by atoms with Gasteiger partial charge in [-0.1, -0.05) is 13.8 Å². The molecule has 4 rings (SSSR count). The van der Waals surface area contributed by atoms with Crippen molar-refractivity contribution in [2.45, 2.75) is 81.0 Å². The van der Waals surface area contributed by atoms with Gasteiger partial charge in [-0.15, -0.1) is 0 Å². The summed E-state index contributed by atoms with van der Waals surface area (Å²) < 4.78 is 337. The lowest BCUT2D eigenvalue weighted by Crippen LogP contribution is -2.30. The van der Waals surface area contributed by atoms with Crippen LogP contribution in [0.5, 0.6) is 0 Å². The van der Waals surface area contributed by atoms with Crippen molar-refractivity contribution < 1.29 is 105 Å². The SMILES string of the molecule is C[C@H](C[C@@H](C)P(c1cc(C(F)(F)F)cc(C(F)(F)F)c1)c1cc(C(F)(F)F)cc(C(F)(F)F)c1)P(c1cc(C(F)(F)F)cc(C(F)(F)F)c1)c1cc(C(F)(F)F)cc(C(F)(F)F)c1. The van der Waals surface area contributed by atoms with Crippen LogP contribution in [0.25, 0.3) is 0 Å².